The van der Waals surface area contributed by atoms with Crippen molar-refractivity contribution in [2.45, 2.75) is 64.1 Å². The van der Waals surface area contributed by atoms with E-state index in [1.807, 2.05) is 0 Å². The van der Waals surface area contributed by atoms with E-state index in [0.29, 0.717) is 28.9 Å². The normalized spacial score (nSPS) is 23.0. The summed E-state index contributed by atoms with van der Waals surface area (Å²) in [6, 6.07) is -1.55. The zero-order valence-corrected chi connectivity index (χ0v) is 20.8. The molecule has 0 spiro atoms. The predicted molar refractivity (Wildman–Crippen MR) is 127 cm³/mol. The van der Waals surface area contributed by atoms with Gasteiger partial charge in [0.1, 0.15) is 35.9 Å². The van der Waals surface area contributed by atoms with E-state index >= 15 is 0 Å². The summed E-state index contributed by atoms with van der Waals surface area (Å²) >= 11 is 0. The number of ether oxygens (including phenoxy) is 4. The fourth-order valence-electron chi connectivity index (χ4n) is 4.45. The second-order valence-electron chi connectivity index (χ2n) is 8.77. The molecule has 0 aromatic heterocycles. The maximum atomic E-state index is 12.8. The Morgan fingerprint density at radius 3 is 2.51 bits per heavy atom. The quantitative estimate of drug-likeness (QED) is 0.233. The van der Waals surface area contributed by atoms with Gasteiger partial charge in [-0.2, -0.15) is 4.91 Å². The fourth-order valence-corrected chi connectivity index (χ4v) is 4.45. The maximum Gasteiger partial charge on any atom is 0.342 e. The Morgan fingerprint density at radius 2 is 1.92 bits per heavy atom. The van der Waals surface area contributed by atoms with Crippen LogP contribution in [0.2, 0.25) is 0 Å². The van der Waals surface area contributed by atoms with Crippen LogP contribution in [0.3, 0.4) is 0 Å². The molecule has 3 N–H and O–H groups in total. The van der Waals surface area contributed by atoms with E-state index in [1.165, 1.54) is 7.11 Å². The summed E-state index contributed by atoms with van der Waals surface area (Å²) in [5, 5.41) is 32.8. The average molecular weight is 520 g/mol. The topological polar surface area (TPSA) is 178 Å². The smallest absolute Gasteiger partial charge is 0.342 e. The van der Waals surface area contributed by atoms with E-state index in [0.717, 1.165) is 18.8 Å². The van der Waals surface area contributed by atoms with E-state index in [9.17, 15) is 29.5 Å². The number of aliphatic hydroxyl groups excluding tert-OH is 2. The number of nitroso groups, excluding NO2 is 1. The highest BCUT2D eigenvalue weighted by Crippen LogP contribution is 2.44. The first-order valence-corrected chi connectivity index (χ1v) is 11.5. The fraction of sp³-hybridized carbons (Fsp3) is 0.480. The summed E-state index contributed by atoms with van der Waals surface area (Å²) in [6.45, 7) is 3.45. The number of hydrogen-bond donors (Lipinski definition) is 3. The Balaban J connectivity index is 2.18. The lowest BCUT2D eigenvalue weighted by molar-refractivity contribution is -0.139. The van der Waals surface area contributed by atoms with Crippen LogP contribution in [0.1, 0.15) is 46.8 Å². The molecule has 37 heavy (non-hydrogen) atoms. The third kappa shape index (κ3) is 5.49. The predicted octanol–water partition coefficient (Wildman–Crippen LogP) is 1.74. The van der Waals surface area contributed by atoms with Crippen molar-refractivity contribution in [1.29, 1.82) is 0 Å². The molecule has 1 heterocycles. The van der Waals surface area contributed by atoms with Crippen LogP contribution in [-0.4, -0.2) is 71.8 Å². The molecular weight excluding hydrogens is 490 g/mol. The molecule has 12 heteroatoms. The van der Waals surface area contributed by atoms with Crippen LogP contribution in [-0.2, 0) is 32.1 Å². The number of esters is 2. The Labute approximate surface area is 212 Å². The summed E-state index contributed by atoms with van der Waals surface area (Å²) in [7, 11) is 2.53. The van der Waals surface area contributed by atoms with Crippen LogP contribution >= 0.6 is 0 Å². The number of carbonyl (C=O) groups excluding carboxylic acids is 2. The molecule has 0 radical (unpaired) electrons. The summed E-state index contributed by atoms with van der Waals surface area (Å²) < 4.78 is 21.7. The number of benzene rings is 1. The van der Waals surface area contributed by atoms with E-state index in [1.54, 1.807) is 19.9 Å². The zero-order chi connectivity index (χ0) is 27.4. The second-order valence-corrected chi connectivity index (χ2v) is 8.77. The van der Waals surface area contributed by atoms with Gasteiger partial charge in [0.25, 0.3) is 0 Å². The van der Waals surface area contributed by atoms with Crippen LogP contribution in [0.5, 0.6) is 11.5 Å². The van der Waals surface area contributed by atoms with Crippen LogP contribution in [0.25, 0.3) is 0 Å². The molecule has 0 unspecified atom stereocenters. The molecule has 1 aliphatic carbocycles. The van der Waals surface area contributed by atoms with Crippen molar-refractivity contribution in [3.8, 4) is 11.5 Å². The minimum absolute atomic E-state index is 0.0397. The molecule has 4 atom stereocenters. The van der Waals surface area contributed by atoms with Gasteiger partial charge in [0.15, 0.2) is 12.1 Å². The lowest BCUT2D eigenvalue weighted by atomic mass is 9.87. The second kappa shape index (κ2) is 11.5. The molecule has 0 fully saturated rings. The first-order chi connectivity index (χ1) is 17.5. The Morgan fingerprint density at radius 1 is 1.22 bits per heavy atom. The molecule has 0 bridgehead atoms. The van der Waals surface area contributed by atoms with Gasteiger partial charge in [-0.1, -0.05) is 16.8 Å². The molecule has 0 amide bonds. The highest BCUT2D eigenvalue weighted by atomic mass is 16.6. The number of nitrogens with zero attached hydrogens (tertiary/aromatic N) is 1. The van der Waals surface area contributed by atoms with Gasteiger partial charge in [-0.05, 0) is 38.3 Å². The molecule has 3 rings (SSSR count). The van der Waals surface area contributed by atoms with Gasteiger partial charge in [-0.3, -0.25) is 4.79 Å². The largest absolute Gasteiger partial charge is 0.496 e. The van der Waals surface area contributed by atoms with Crippen LogP contribution in [0.4, 0.5) is 0 Å². The number of aliphatic carboxylic acids is 1. The Hall–Kier alpha value is -3.77. The number of allylic oxidation sites excluding steroid dienone is 2. The molecule has 1 aromatic rings. The van der Waals surface area contributed by atoms with Crippen molar-refractivity contribution in [2.75, 3.05) is 14.2 Å². The summed E-state index contributed by atoms with van der Waals surface area (Å²) in [5.74, 6) is -2.23. The monoisotopic (exact) mass is 519 g/mol. The van der Waals surface area contributed by atoms with Gasteiger partial charge < -0.3 is 34.3 Å². The Bertz CT molecular complexity index is 1170. The van der Waals surface area contributed by atoms with Crippen LogP contribution < -0.4 is 9.47 Å². The van der Waals surface area contributed by atoms with Crippen LogP contribution in [0.15, 0.2) is 28.5 Å². The van der Waals surface area contributed by atoms with Crippen molar-refractivity contribution in [2.24, 2.45) is 5.18 Å². The number of carboxylic acid groups (broad SMARTS) is 1. The van der Waals surface area contributed by atoms with Crippen LogP contribution in [0, 0.1) is 11.8 Å². The van der Waals surface area contributed by atoms with Crippen molar-refractivity contribution >= 4 is 17.9 Å². The van der Waals surface area contributed by atoms with Crippen molar-refractivity contribution < 1.29 is 48.7 Å². The third-order valence-corrected chi connectivity index (χ3v) is 6.47. The van der Waals surface area contributed by atoms with Gasteiger partial charge in [0.05, 0.1) is 19.8 Å². The summed E-state index contributed by atoms with van der Waals surface area (Å²) in [6.07, 6.45) is -1.70. The number of fused-ring (bicyclic) bond motifs is 1. The molecule has 0 saturated carbocycles. The standard InChI is InChI=1S/C25H29NO11/c1-11(6-8-17(28)29)5-7-13-21(34-3)12(2)15-10-36-25(32)18(15)22(13)37-23-14(24(31)35-4)9-16(27)19(26-33)20(23)30/h5,9,16,19-20,23,27,30H,6-8,10H2,1-4H3,(H,28,29)/b11-5+/t16-,19-,20-,23-/m1/s1. The van der Waals surface area contributed by atoms with Gasteiger partial charge in [-0.25, -0.2) is 9.59 Å². The number of cyclic esters (lactones) is 1. The van der Waals surface area contributed by atoms with Gasteiger partial charge in [-0.15, -0.1) is 0 Å². The minimum atomic E-state index is -1.76. The van der Waals surface area contributed by atoms with E-state index in [-0.39, 0.29) is 36.3 Å². The average Bonchev–Trinajstić information content (AvgIpc) is 3.25. The van der Waals surface area contributed by atoms with Gasteiger partial charge in [0.2, 0.25) is 0 Å². The number of hydrogen-bond acceptors (Lipinski definition) is 11. The van der Waals surface area contributed by atoms with Crippen molar-refractivity contribution in [3.05, 3.63) is 50.5 Å². The molecule has 12 nitrogen and oxygen atoms in total. The van der Waals surface area contributed by atoms with Gasteiger partial charge in [0, 0.05) is 17.5 Å². The third-order valence-electron chi connectivity index (χ3n) is 6.47. The highest BCUT2D eigenvalue weighted by molar-refractivity contribution is 5.98. The zero-order valence-electron chi connectivity index (χ0n) is 20.8. The number of rotatable bonds is 10. The molecule has 2 aliphatic rings. The first kappa shape index (κ1) is 27.8. The SMILES string of the molecule is COC(=O)C1=C[C@@H](O)[C@@H](N=O)[C@@H](O)[C@@H]1Oc1c(C/C=C(\C)CCC(=O)O)c(OC)c(C)c2c1C(=O)OC2. The minimum Gasteiger partial charge on any atom is -0.496 e. The molecule has 200 valence electrons. The molecule has 1 aromatic carbocycles. The van der Waals surface area contributed by atoms with Gasteiger partial charge >= 0.3 is 17.9 Å². The van der Waals surface area contributed by atoms with E-state index in [2.05, 4.69) is 5.18 Å². The lowest BCUT2D eigenvalue weighted by Crippen LogP contribution is -2.51. The maximum absolute atomic E-state index is 12.8. The summed E-state index contributed by atoms with van der Waals surface area (Å²) in [5.41, 5.74) is 2.07. The number of aliphatic hydroxyl groups is 2. The van der Waals surface area contributed by atoms with E-state index in [4.69, 9.17) is 24.1 Å². The lowest BCUT2D eigenvalue weighted by Gasteiger charge is -2.34. The molecule has 0 saturated heterocycles. The first-order valence-electron chi connectivity index (χ1n) is 11.5. The number of carbonyl (C=O) groups is 3. The van der Waals surface area contributed by atoms with E-state index < -0.39 is 42.3 Å². The number of methoxy groups -OCH3 is 2. The van der Waals surface area contributed by atoms with Crippen molar-refractivity contribution in [1.82, 2.24) is 0 Å². The highest BCUT2D eigenvalue weighted by Gasteiger charge is 2.45. The number of carboxylic acids is 1. The summed E-state index contributed by atoms with van der Waals surface area (Å²) in [4.78, 5) is 47.5. The Kier molecular flexibility index (Phi) is 8.66. The molecule has 1 aliphatic heterocycles. The van der Waals surface area contributed by atoms with Crippen molar-refractivity contribution in [3.63, 3.8) is 0 Å². The molecular formula is C25H29NO11.